The topological polar surface area (TPSA) is 32.3 Å². The van der Waals surface area contributed by atoms with Crippen LogP contribution in [0.1, 0.15) is 32.1 Å². The van der Waals surface area contributed by atoms with Gasteiger partial charge in [-0.1, -0.05) is 12.8 Å². The third-order valence-electron chi connectivity index (χ3n) is 3.84. The molecule has 3 aliphatic rings. The van der Waals surface area contributed by atoms with Crippen molar-refractivity contribution >= 4 is 17.8 Å². The molecule has 2 amide bonds. The van der Waals surface area contributed by atoms with Crippen LogP contribution in [-0.4, -0.2) is 40.6 Å². The first kappa shape index (κ1) is 9.82. The monoisotopic (exact) mass is 226 g/mol. The van der Waals surface area contributed by atoms with E-state index in [-0.39, 0.29) is 6.03 Å². The quantitative estimate of drug-likeness (QED) is 0.740. The highest BCUT2D eigenvalue weighted by atomic mass is 32.2. The van der Waals surface area contributed by atoms with E-state index in [4.69, 9.17) is 0 Å². The smallest absolute Gasteiger partial charge is 0.317 e. The summed E-state index contributed by atoms with van der Waals surface area (Å²) < 4.78 is 0. The number of nitrogens with zero attached hydrogens (tertiary/aromatic N) is 1. The van der Waals surface area contributed by atoms with E-state index in [1.54, 1.807) is 0 Å². The van der Waals surface area contributed by atoms with Gasteiger partial charge in [0.15, 0.2) is 0 Å². The number of hydrogen-bond donors (Lipinski definition) is 1. The molecule has 4 heteroatoms. The molecule has 0 radical (unpaired) electrons. The molecule has 1 aliphatic carbocycles. The van der Waals surface area contributed by atoms with Crippen LogP contribution in [-0.2, 0) is 0 Å². The Kier molecular flexibility index (Phi) is 2.54. The summed E-state index contributed by atoms with van der Waals surface area (Å²) in [6.07, 6.45) is 6.16. The Morgan fingerprint density at radius 3 is 2.73 bits per heavy atom. The zero-order chi connectivity index (χ0) is 10.3. The van der Waals surface area contributed by atoms with E-state index >= 15 is 0 Å². The maximum Gasteiger partial charge on any atom is 0.317 e. The van der Waals surface area contributed by atoms with Gasteiger partial charge in [-0.2, -0.15) is 11.8 Å². The number of fused-ring (bicyclic) bond motifs is 2. The minimum Gasteiger partial charge on any atom is -0.335 e. The summed E-state index contributed by atoms with van der Waals surface area (Å²) in [6, 6.07) is 1.19. The number of amides is 2. The summed E-state index contributed by atoms with van der Waals surface area (Å²) in [7, 11) is 0. The number of nitrogens with one attached hydrogen (secondary N) is 1. The van der Waals surface area contributed by atoms with Crippen molar-refractivity contribution in [3.63, 3.8) is 0 Å². The molecule has 3 nitrogen and oxygen atoms in total. The van der Waals surface area contributed by atoms with Gasteiger partial charge in [0.05, 0.1) is 0 Å². The van der Waals surface area contributed by atoms with Crippen LogP contribution in [0, 0.1) is 0 Å². The first-order valence-electron chi connectivity index (χ1n) is 6.01. The Hall–Kier alpha value is -0.380. The van der Waals surface area contributed by atoms with Gasteiger partial charge in [-0.3, -0.25) is 0 Å². The van der Waals surface area contributed by atoms with E-state index in [0.29, 0.717) is 12.1 Å². The standard InChI is InChI=1S/C11H18N2OS/c14-11(12-8-3-1-2-4-8)13-6-10-5-9(13)7-15-10/h8-10H,1-7H2,(H,12,14). The Morgan fingerprint density at radius 1 is 1.33 bits per heavy atom. The van der Waals surface area contributed by atoms with Crippen molar-refractivity contribution in [3.05, 3.63) is 0 Å². The first-order chi connectivity index (χ1) is 7.33. The molecule has 2 saturated heterocycles. The summed E-state index contributed by atoms with van der Waals surface area (Å²) in [5.41, 5.74) is 0. The van der Waals surface area contributed by atoms with Crippen molar-refractivity contribution in [1.29, 1.82) is 0 Å². The molecule has 84 valence electrons. The van der Waals surface area contributed by atoms with Crippen LogP contribution in [0.15, 0.2) is 0 Å². The van der Waals surface area contributed by atoms with Gasteiger partial charge in [-0.05, 0) is 19.3 Å². The number of likely N-dealkylation sites (tertiary alicyclic amines) is 1. The number of hydrogen-bond acceptors (Lipinski definition) is 2. The summed E-state index contributed by atoms with van der Waals surface area (Å²) in [5.74, 6) is 1.16. The molecule has 2 aliphatic heterocycles. The molecule has 1 saturated carbocycles. The van der Waals surface area contributed by atoms with Crippen LogP contribution in [0.25, 0.3) is 0 Å². The third kappa shape index (κ3) is 1.84. The summed E-state index contributed by atoms with van der Waals surface area (Å²) in [4.78, 5) is 14.1. The minimum atomic E-state index is 0.203. The summed E-state index contributed by atoms with van der Waals surface area (Å²) in [5, 5.41) is 3.91. The zero-order valence-electron chi connectivity index (χ0n) is 8.95. The number of thioether (sulfide) groups is 1. The molecule has 15 heavy (non-hydrogen) atoms. The maximum atomic E-state index is 12.0. The number of carbonyl (C=O) groups excluding carboxylic acids is 1. The van der Waals surface area contributed by atoms with E-state index in [0.717, 1.165) is 17.5 Å². The van der Waals surface area contributed by atoms with Gasteiger partial charge < -0.3 is 10.2 Å². The number of rotatable bonds is 1. The molecular formula is C11H18N2OS. The van der Waals surface area contributed by atoms with Crippen molar-refractivity contribution in [1.82, 2.24) is 10.2 Å². The average Bonchev–Trinajstić information content (AvgIpc) is 2.93. The van der Waals surface area contributed by atoms with Crippen LogP contribution in [0.5, 0.6) is 0 Å². The van der Waals surface area contributed by atoms with Gasteiger partial charge in [0.1, 0.15) is 0 Å². The van der Waals surface area contributed by atoms with Gasteiger partial charge in [0.2, 0.25) is 0 Å². The second-order valence-electron chi connectivity index (χ2n) is 4.93. The lowest BCUT2D eigenvalue weighted by atomic mass is 10.2. The normalized spacial score (nSPS) is 35.1. The van der Waals surface area contributed by atoms with E-state index in [9.17, 15) is 4.79 Å². The second kappa shape index (κ2) is 3.89. The molecule has 0 aromatic heterocycles. The van der Waals surface area contributed by atoms with Gasteiger partial charge in [-0.25, -0.2) is 4.79 Å². The molecule has 2 atom stereocenters. The minimum absolute atomic E-state index is 0.203. The van der Waals surface area contributed by atoms with E-state index < -0.39 is 0 Å². The van der Waals surface area contributed by atoms with Crippen molar-refractivity contribution in [2.45, 2.75) is 49.4 Å². The van der Waals surface area contributed by atoms with E-state index in [1.165, 1.54) is 32.1 Å². The largest absolute Gasteiger partial charge is 0.335 e. The highest BCUT2D eigenvalue weighted by Crippen LogP contribution is 2.37. The zero-order valence-corrected chi connectivity index (χ0v) is 9.76. The highest BCUT2D eigenvalue weighted by molar-refractivity contribution is 8.00. The summed E-state index contributed by atoms with van der Waals surface area (Å²) in [6.45, 7) is 0.980. The van der Waals surface area contributed by atoms with Gasteiger partial charge in [0.25, 0.3) is 0 Å². The van der Waals surface area contributed by atoms with Crippen LogP contribution < -0.4 is 5.32 Å². The van der Waals surface area contributed by atoms with Crippen molar-refractivity contribution in [3.8, 4) is 0 Å². The number of urea groups is 1. The predicted octanol–water partition coefficient (Wildman–Crippen LogP) is 1.83. The van der Waals surface area contributed by atoms with E-state index in [1.807, 2.05) is 11.8 Å². The molecule has 1 N–H and O–H groups in total. The Balaban J connectivity index is 1.56. The third-order valence-corrected chi connectivity index (χ3v) is 5.23. The SMILES string of the molecule is O=C(NC1CCCC1)N1CC2CC1CS2. The van der Waals surface area contributed by atoms with Gasteiger partial charge in [-0.15, -0.1) is 0 Å². The van der Waals surface area contributed by atoms with Gasteiger partial charge in [0, 0.05) is 29.6 Å². The number of carbonyl (C=O) groups is 1. The molecule has 3 rings (SSSR count). The molecule has 2 heterocycles. The molecule has 2 unspecified atom stereocenters. The molecule has 0 aromatic rings. The summed E-state index contributed by atoms with van der Waals surface area (Å²) >= 11 is 2.03. The molecule has 2 bridgehead atoms. The lowest BCUT2D eigenvalue weighted by molar-refractivity contribution is 0.192. The molecule has 0 aromatic carbocycles. The van der Waals surface area contributed by atoms with Crippen molar-refractivity contribution in [2.24, 2.45) is 0 Å². The average molecular weight is 226 g/mol. The second-order valence-corrected chi connectivity index (χ2v) is 6.26. The van der Waals surface area contributed by atoms with Crippen LogP contribution in [0.2, 0.25) is 0 Å². The van der Waals surface area contributed by atoms with E-state index in [2.05, 4.69) is 10.2 Å². The Bertz CT molecular complexity index is 265. The fourth-order valence-electron chi connectivity index (χ4n) is 2.98. The molecule has 0 spiro atoms. The van der Waals surface area contributed by atoms with Crippen LogP contribution in [0.3, 0.4) is 0 Å². The predicted molar refractivity (Wildman–Crippen MR) is 62.1 cm³/mol. The molecule has 3 fully saturated rings. The van der Waals surface area contributed by atoms with Crippen molar-refractivity contribution < 1.29 is 4.79 Å². The molecular weight excluding hydrogens is 208 g/mol. The van der Waals surface area contributed by atoms with Crippen molar-refractivity contribution in [2.75, 3.05) is 12.3 Å². The Labute approximate surface area is 95.0 Å². The maximum absolute atomic E-state index is 12.0. The first-order valence-corrected chi connectivity index (χ1v) is 7.06. The van der Waals surface area contributed by atoms with Gasteiger partial charge >= 0.3 is 6.03 Å². The van der Waals surface area contributed by atoms with Crippen LogP contribution >= 0.6 is 11.8 Å². The fourth-order valence-corrected chi connectivity index (χ4v) is 4.41. The fraction of sp³-hybridized carbons (Fsp3) is 0.909. The lowest BCUT2D eigenvalue weighted by Gasteiger charge is -2.28. The lowest BCUT2D eigenvalue weighted by Crippen LogP contribution is -2.48. The van der Waals surface area contributed by atoms with Crippen LogP contribution in [0.4, 0.5) is 4.79 Å². The highest BCUT2D eigenvalue weighted by Gasteiger charge is 2.41. The Morgan fingerprint density at radius 2 is 2.13 bits per heavy atom.